The lowest BCUT2D eigenvalue weighted by Crippen LogP contribution is -2.42. The fourth-order valence-corrected chi connectivity index (χ4v) is 5.54. The number of hydrogen-bond donors (Lipinski definition) is 2. The molecule has 0 radical (unpaired) electrons. The summed E-state index contributed by atoms with van der Waals surface area (Å²) in [7, 11) is 0. The molecule has 2 amide bonds. The van der Waals surface area contributed by atoms with Crippen molar-refractivity contribution in [3.05, 3.63) is 29.8 Å². The van der Waals surface area contributed by atoms with Crippen molar-refractivity contribution in [1.29, 1.82) is 0 Å². The van der Waals surface area contributed by atoms with E-state index in [9.17, 15) is 9.59 Å². The smallest absolute Gasteiger partial charge is 0.251 e. The summed E-state index contributed by atoms with van der Waals surface area (Å²) in [5, 5.41) is 6.21. The van der Waals surface area contributed by atoms with Gasteiger partial charge in [-0.25, -0.2) is 0 Å². The minimum absolute atomic E-state index is 0.0102. The highest BCUT2D eigenvalue weighted by Gasteiger charge is 2.54. The molecule has 3 saturated carbocycles. The molecule has 1 aromatic carbocycles. The van der Waals surface area contributed by atoms with E-state index >= 15 is 0 Å². The molecule has 2 N–H and O–H groups in total. The maximum atomic E-state index is 12.8. The van der Waals surface area contributed by atoms with Crippen LogP contribution >= 0.6 is 0 Å². The molecule has 4 nitrogen and oxygen atoms in total. The number of benzene rings is 1. The fraction of sp³-hybridized carbons (Fsp3) is 0.636. The molecule has 3 fully saturated rings. The first-order valence-electron chi connectivity index (χ1n) is 10.1. The highest BCUT2D eigenvalue weighted by molar-refractivity contribution is 5.98. The summed E-state index contributed by atoms with van der Waals surface area (Å²) in [4.78, 5) is 25.0. The van der Waals surface area contributed by atoms with E-state index in [1.54, 1.807) is 6.07 Å². The second-order valence-electron chi connectivity index (χ2n) is 9.52. The van der Waals surface area contributed by atoms with Gasteiger partial charge in [-0.05, 0) is 67.6 Å². The van der Waals surface area contributed by atoms with Crippen molar-refractivity contribution in [3.63, 3.8) is 0 Å². The Labute approximate surface area is 156 Å². The van der Waals surface area contributed by atoms with Crippen LogP contribution in [0.25, 0.3) is 0 Å². The first kappa shape index (κ1) is 17.6. The van der Waals surface area contributed by atoms with E-state index < -0.39 is 5.41 Å². The van der Waals surface area contributed by atoms with Gasteiger partial charge < -0.3 is 10.6 Å². The number of amides is 2. The lowest BCUT2D eigenvalue weighted by molar-refractivity contribution is -0.123. The number of rotatable bonds is 3. The van der Waals surface area contributed by atoms with Crippen molar-refractivity contribution < 1.29 is 9.59 Å². The van der Waals surface area contributed by atoms with Crippen molar-refractivity contribution in [2.75, 3.05) is 5.32 Å². The summed E-state index contributed by atoms with van der Waals surface area (Å²) in [6, 6.07) is 7.61. The third-order valence-electron chi connectivity index (χ3n) is 6.81. The van der Waals surface area contributed by atoms with E-state index in [1.807, 2.05) is 39.0 Å². The molecule has 0 aliphatic heterocycles. The Hall–Kier alpha value is -1.84. The number of anilines is 1. The van der Waals surface area contributed by atoms with E-state index in [-0.39, 0.29) is 11.8 Å². The molecule has 0 saturated heterocycles. The Morgan fingerprint density at radius 2 is 1.81 bits per heavy atom. The third kappa shape index (κ3) is 3.15. The van der Waals surface area contributed by atoms with Crippen LogP contribution in [0.5, 0.6) is 0 Å². The molecule has 0 aromatic heterocycles. The van der Waals surface area contributed by atoms with Crippen LogP contribution in [-0.2, 0) is 4.79 Å². The summed E-state index contributed by atoms with van der Waals surface area (Å²) in [5.41, 5.74) is 0.850. The average Bonchev–Trinajstić information content (AvgIpc) is 3.27. The van der Waals surface area contributed by atoms with Crippen molar-refractivity contribution in [2.45, 2.75) is 58.9 Å². The molecule has 5 unspecified atom stereocenters. The van der Waals surface area contributed by atoms with Crippen molar-refractivity contribution in [2.24, 2.45) is 29.1 Å². The van der Waals surface area contributed by atoms with E-state index in [1.165, 1.54) is 25.7 Å². The lowest BCUT2D eigenvalue weighted by Gasteiger charge is -2.32. The van der Waals surface area contributed by atoms with Gasteiger partial charge in [-0.15, -0.1) is 0 Å². The summed E-state index contributed by atoms with van der Waals surface area (Å²) in [6.45, 7) is 5.64. The summed E-state index contributed by atoms with van der Waals surface area (Å²) in [6.07, 6.45) is 6.59. The van der Waals surface area contributed by atoms with Gasteiger partial charge in [0, 0.05) is 22.7 Å². The molecule has 0 heterocycles. The van der Waals surface area contributed by atoms with Gasteiger partial charge in [0.2, 0.25) is 5.91 Å². The zero-order valence-corrected chi connectivity index (χ0v) is 16.0. The van der Waals surface area contributed by atoms with Gasteiger partial charge in [-0.2, -0.15) is 0 Å². The number of fused-ring (bicyclic) bond motifs is 5. The van der Waals surface area contributed by atoms with Crippen LogP contribution in [0.2, 0.25) is 0 Å². The van der Waals surface area contributed by atoms with Gasteiger partial charge >= 0.3 is 0 Å². The van der Waals surface area contributed by atoms with Crippen LogP contribution in [0.3, 0.4) is 0 Å². The molecular formula is C22H30N2O2. The van der Waals surface area contributed by atoms with Crippen LogP contribution in [0.15, 0.2) is 24.3 Å². The Balaban J connectivity index is 1.41. The predicted molar refractivity (Wildman–Crippen MR) is 103 cm³/mol. The van der Waals surface area contributed by atoms with Crippen molar-refractivity contribution >= 4 is 17.5 Å². The predicted octanol–water partition coefficient (Wildman–Crippen LogP) is 4.23. The molecule has 5 atom stereocenters. The second-order valence-corrected chi connectivity index (χ2v) is 9.52. The third-order valence-corrected chi connectivity index (χ3v) is 6.81. The van der Waals surface area contributed by atoms with E-state index in [2.05, 4.69) is 10.6 Å². The van der Waals surface area contributed by atoms with Crippen molar-refractivity contribution in [3.8, 4) is 0 Å². The number of carbonyl (C=O) groups excluding carboxylic acids is 2. The second kappa shape index (κ2) is 6.40. The number of hydrogen-bond acceptors (Lipinski definition) is 2. The zero-order chi connectivity index (χ0) is 18.5. The molecular weight excluding hydrogens is 324 g/mol. The summed E-state index contributed by atoms with van der Waals surface area (Å²) >= 11 is 0. The Kier molecular flexibility index (Phi) is 4.32. The Bertz CT molecular complexity index is 721. The topological polar surface area (TPSA) is 58.2 Å². The molecule has 2 bridgehead atoms. The first-order chi connectivity index (χ1) is 12.3. The van der Waals surface area contributed by atoms with Gasteiger partial charge in [0.1, 0.15) is 0 Å². The van der Waals surface area contributed by atoms with Crippen LogP contribution in [0.1, 0.15) is 63.2 Å². The SMILES string of the molecule is CC(C)(C)C(=O)Nc1cccc(C(=O)NC2CC3CC2C2CCCC32)c1. The molecule has 3 aliphatic carbocycles. The number of carbonyl (C=O) groups is 2. The highest BCUT2D eigenvalue weighted by Crippen LogP contribution is 2.58. The fourth-order valence-electron chi connectivity index (χ4n) is 5.54. The van der Waals surface area contributed by atoms with E-state index in [0.29, 0.717) is 23.2 Å². The Morgan fingerprint density at radius 3 is 2.58 bits per heavy atom. The maximum absolute atomic E-state index is 12.8. The van der Waals surface area contributed by atoms with Gasteiger partial charge in [-0.1, -0.05) is 33.3 Å². The monoisotopic (exact) mass is 354 g/mol. The molecule has 26 heavy (non-hydrogen) atoms. The first-order valence-corrected chi connectivity index (χ1v) is 10.1. The molecule has 4 heteroatoms. The number of nitrogens with one attached hydrogen (secondary N) is 2. The van der Waals surface area contributed by atoms with E-state index in [4.69, 9.17) is 0 Å². The summed E-state index contributed by atoms with van der Waals surface area (Å²) in [5.74, 6) is 3.23. The summed E-state index contributed by atoms with van der Waals surface area (Å²) < 4.78 is 0. The van der Waals surface area contributed by atoms with Gasteiger partial charge in [0.25, 0.3) is 5.91 Å². The van der Waals surface area contributed by atoms with Gasteiger partial charge in [0.15, 0.2) is 0 Å². The lowest BCUT2D eigenvalue weighted by atomic mass is 9.79. The minimum atomic E-state index is -0.459. The zero-order valence-electron chi connectivity index (χ0n) is 16.0. The normalized spacial score (nSPS) is 32.3. The van der Waals surface area contributed by atoms with Gasteiger partial charge in [-0.3, -0.25) is 9.59 Å². The molecule has 140 valence electrons. The Morgan fingerprint density at radius 1 is 1.04 bits per heavy atom. The van der Waals surface area contributed by atoms with Gasteiger partial charge in [0.05, 0.1) is 0 Å². The molecule has 3 aliphatic rings. The maximum Gasteiger partial charge on any atom is 0.251 e. The standard InChI is InChI=1S/C22H30N2O2/c1-22(2,3)21(26)23-15-7-4-6-13(10-15)20(25)24-19-12-14-11-18(19)17-9-5-8-16(14)17/h4,6-7,10,14,16-19H,5,8-9,11-12H2,1-3H3,(H,23,26)(H,24,25). The van der Waals surface area contributed by atoms with E-state index in [0.717, 1.165) is 24.2 Å². The van der Waals surface area contributed by atoms with Crippen LogP contribution in [0.4, 0.5) is 5.69 Å². The van der Waals surface area contributed by atoms with Crippen LogP contribution in [-0.4, -0.2) is 17.9 Å². The molecule has 1 aromatic rings. The molecule has 4 rings (SSSR count). The van der Waals surface area contributed by atoms with Crippen LogP contribution < -0.4 is 10.6 Å². The highest BCUT2D eigenvalue weighted by atomic mass is 16.2. The molecule has 0 spiro atoms. The average molecular weight is 354 g/mol. The van der Waals surface area contributed by atoms with Crippen LogP contribution in [0, 0.1) is 29.1 Å². The quantitative estimate of drug-likeness (QED) is 0.853. The van der Waals surface area contributed by atoms with Crippen molar-refractivity contribution in [1.82, 2.24) is 5.32 Å². The minimum Gasteiger partial charge on any atom is -0.349 e. The largest absolute Gasteiger partial charge is 0.349 e.